The van der Waals surface area contributed by atoms with E-state index in [0.29, 0.717) is 32.8 Å². The van der Waals surface area contributed by atoms with E-state index in [1.54, 1.807) is 29.2 Å². The molecule has 1 aliphatic carbocycles. The largest absolute Gasteiger partial charge is 0.452 e. The minimum atomic E-state index is -0.531. The van der Waals surface area contributed by atoms with Crippen molar-refractivity contribution in [3.05, 3.63) is 98.1 Å². The Morgan fingerprint density at radius 2 is 1.95 bits per heavy atom. The van der Waals surface area contributed by atoms with Crippen molar-refractivity contribution in [1.29, 1.82) is 0 Å². The van der Waals surface area contributed by atoms with Crippen LogP contribution >= 0.6 is 15.9 Å². The summed E-state index contributed by atoms with van der Waals surface area (Å²) in [6.45, 7) is 2.54. The maximum atomic E-state index is 14.2. The van der Waals surface area contributed by atoms with Crippen molar-refractivity contribution in [1.82, 2.24) is 14.5 Å². The number of furan rings is 2. The van der Waals surface area contributed by atoms with Crippen LogP contribution in [0.1, 0.15) is 46.4 Å². The summed E-state index contributed by atoms with van der Waals surface area (Å²) in [5, 5.41) is 0.404. The van der Waals surface area contributed by atoms with Gasteiger partial charge >= 0.3 is 0 Å². The van der Waals surface area contributed by atoms with Gasteiger partial charge < -0.3 is 19.5 Å². The van der Waals surface area contributed by atoms with Gasteiger partial charge in [0.2, 0.25) is 5.58 Å². The number of aromatic nitrogens is 2. The third-order valence-corrected chi connectivity index (χ3v) is 7.53. The number of halogens is 2. The van der Waals surface area contributed by atoms with Crippen molar-refractivity contribution in [3.8, 4) is 0 Å². The van der Waals surface area contributed by atoms with E-state index in [2.05, 4.69) is 15.9 Å². The van der Waals surface area contributed by atoms with Gasteiger partial charge in [0, 0.05) is 24.0 Å². The Kier molecular flexibility index (Phi) is 6.60. The average molecular weight is 593 g/mol. The first-order chi connectivity index (χ1) is 18.8. The monoisotopic (exact) mass is 592 g/mol. The van der Waals surface area contributed by atoms with E-state index in [9.17, 15) is 14.0 Å². The van der Waals surface area contributed by atoms with Crippen LogP contribution in [0.15, 0.2) is 72.9 Å². The number of aryl methyl sites for hydroxylation is 1. The highest BCUT2D eigenvalue weighted by molar-refractivity contribution is 9.10. The third-order valence-electron chi connectivity index (χ3n) is 7.11. The normalized spacial score (nSPS) is 14.3. The lowest BCUT2D eigenvalue weighted by Crippen LogP contribution is -2.42. The van der Waals surface area contributed by atoms with Gasteiger partial charge in [0.25, 0.3) is 11.5 Å². The maximum Gasteiger partial charge on any atom is 0.297 e. The van der Waals surface area contributed by atoms with E-state index in [-0.39, 0.29) is 42.6 Å². The zero-order chi connectivity index (χ0) is 27.3. The molecule has 0 bridgehead atoms. The Labute approximate surface area is 231 Å². The number of carbonyl (C=O) groups excluding carboxylic acids is 1. The van der Waals surface area contributed by atoms with Gasteiger partial charge in [0.1, 0.15) is 28.5 Å². The van der Waals surface area contributed by atoms with E-state index in [0.717, 1.165) is 18.4 Å². The minimum Gasteiger partial charge on any atom is -0.452 e. The molecule has 200 valence electrons. The maximum absolute atomic E-state index is 14.2. The fourth-order valence-electron chi connectivity index (χ4n) is 5.07. The van der Waals surface area contributed by atoms with Crippen LogP contribution in [0, 0.1) is 18.7 Å². The number of rotatable bonds is 8. The van der Waals surface area contributed by atoms with Crippen molar-refractivity contribution in [3.63, 3.8) is 0 Å². The Morgan fingerprint density at radius 1 is 1.18 bits per heavy atom. The Balaban J connectivity index is 1.58. The van der Waals surface area contributed by atoms with E-state index in [4.69, 9.17) is 19.6 Å². The number of amides is 1. The van der Waals surface area contributed by atoms with Crippen LogP contribution in [0.4, 0.5) is 4.39 Å². The van der Waals surface area contributed by atoms with Gasteiger partial charge in [-0.3, -0.25) is 14.2 Å². The SMILES string of the molecule is Cc1ccc(C(=O)N(CCN)C(c2nc3c(oc4ccc(F)cc43)c(=O)n2Cc2ccc(Br)o2)C2CC2)cc1. The molecule has 2 aromatic carbocycles. The van der Waals surface area contributed by atoms with E-state index >= 15 is 0 Å². The molecule has 5 aromatic rings. The van der Waals surface area contributed by atoms with Gasteiger partial charge in [-0.2, -0.15) is 0 Å². The molecule has 6 rings (SSSR count). The zero-order valence-electron chi connectivity index (χ0n) is 21.2. The van der Waals surface area contributed by atoms with Crippen molar-refractivity contribution >= 4 is 43.9 Å². The van der Waals surface area contributed by atoms with E-state index in [1.165, 1.54) is 22.8 Å². The Hall–Kier alpha value is -3.76. The summed E-state index contributed by atoms with van der Waals surface area (Å²) in [5.41, 5.74) is 7.79. The van der Waals surface area contributed by atoms with Crippen LogP contribution in [0.2, 0.25) is 0 Å². The second-order valence-electron chi connectivity index (χ2n) is 9.92. The van der Waals surface area contributed by atoms with Crippen LogP contribution in [-0.2, 0) is 6.54 Å². The second kappa shape index (κ2) is 10.1. The number of nitrogens with two attached hydrogens (primary N) is 1. The standard InChI is InChI=1S/C29H26BrFN4O4/c1-16-2-4-18(5-3-16)28(36)34(13-12-32)25(17-6-7-17)27-33-24-21-14-19(31)8-10-22(21)39-26(24)29(37)35(27)15-20-9-11-23(30)38-20/h2-5,8-11,14,17,25H,6-7,12-13,15,32H2,1H3. The minimum absolute atomic E-state index is 0.0229. The van der Waals surface area contributed by atoms with E-state index in [1.807, 2.05) is 19.1 Å². The fourth-order valence-corrected chi connectivity index (χ4v) is 5.41. The van der Waals surface area contributed by atoms with Gasteiger partial charge in [-0.15, -0.1) is 0 Å². The topological polar surface area (TPSA) is 108 Å². The molecule has 3 heterocycles. The quantitative estimate of drug-likeness (QED) is 0.253. The molecule has 1 amide bonds. The van der Waals surface area contributed by atoms with E-state index < -0.39 is 17.4 Å². The molecular weight excluding hydrogens is 567 g/mol. The van der Waals surface area contributed by atoms with Gasteiger partial charge in [0.15, 0.2) is 4.67 Å². The molecule has 1 saturated carbocycles. The van der Waals surface area contributed by atoms with Gasteiger partial charge in [-0.05, 0) is 84.1 Å². The molecule has 39 heavy (non-hydrogen) atoms. The fraction of sp³-hybridized carbons (Fsp3) is 0.276. The van der Waals surface area contributed by atoms with Crippen molar-refractivity contribution < 1.29 is 18.0 Å². The molecule has 8 nitrogen and oxygen atoms in total. The number of fused-ring (bicyclic) bond motifs is 3. The first kappa shape index (κ1) is 25.5. The summed E-state index contributed by atoms with van der Waals surface area (Å²) in [7, 11) is 0. The molecule has 1 fully saturated rings. The number of hydrogen-bond donors (Lipinski definition) is 1. The predicted molar refractivity (Wildman–Crippen MR) is 148 cm³/mol. The van der Waals surface area contributed by atoms with Crippen LogP contribution in [0.5, 0.6) is 0 Å². The molecule has 1 atom stereocenters. The highest BCUT2D eigenvalue weighted by Crippen LogP contribution is 2.45. The van der Waals surface area contributed by atoms with Crippen LogP contribution in [-0.4, -0.2) is 33.4 Å². The first-order valence-electron chi connectivity index (χ1n) is 12.8. The number of nitrogens with zero attached hydrogens (tertiary/aromatic N) is 3. The molecule has 0 saturated heterocycles. The molecule has 10 heteroatoms. The Morgan fingerprint density at radius 3 is 2.62 bits per heavy atom. The number of benzene rings is 2. The summed E-state index contributed by atoms with van der Waals surface area (Å²) in [5.74, 6) is 0.347. The second-order valence-corrected chi connectivity index (χ2v) is 10.7. The lowest BCUT2D eigenvalue weighted by atomic mass is 10.1. The molecule has 0 radical (unpaired) electrons. The highest BCUT2D eigenvalue weighted by Gasteiger charge is 2.42. The summed E-state index contributed by atoms with van der Waals surface area (Å²) >= 11 is 3.32. The van der Waals surface area contributed by atoms with Crippen molar-refractivity contribution in [2.24, 2.45) is 11.7 Å². The lowest BCUT2D eigenvalue weighted by Gasteiger charge is -2.32. The third kappa shape index (κ3) is 4.79. The smallest absolute Gasteiger partial charge is 0.297 e. The summed E-state index contributed by atoms with van der Waals surface area (Å²) in [4.78, 5) is 34.5. The highest BCUT2D eigenvalue weighted by atomic mass is 79.9. The van der Waals surface area contributed by atoms with Gasteiger partial charge in [-0.25, -0.2) is 9.37 Å². The molecule has 0 spiro atoms. The zero-order valence-corrected chi connectivity index (χ0v) is 22.8. The van der Waals surface area contributed by atoms with Crippen LogP contribution in [0.25, 0.3) is 22.1 Å². The molecule has 1 aliphatic rings. The average Bonchev–Trinajstić information content (AvgIpc) is 3.57. The summed E-state index contributed by atoms with van der Waals surface area (Å²) < 4.78 is 27.8. The molecule has 1 unspecified atom stereocenters. The van der Waals surface area contributed by atoms with Crippen molar-refractivity contribution in [2.45, 2.75) is 32.4 Å². The predicted octanol–water partition coefficient (Wildman–Crippen LogP) is 5.55. The lowest BCUT2D eigenvalue weighted by molar-refractivity contribution is 0.0643. The van der Waals surface area contributed by atoms with Crippen molar-refractivity contribution in [2.75, 3.05) is 13.1 Å². The molecule has 2 N–H and O–H groups in total. The van der Waals surface area contributed by atoms with Gasteiger partial charge in [0.05, 0.1) is 12.6 Å². The summed E-state index contributed by atoms with van der Waals surface area (Å²) in [6.07, 6.45) is 1.74. The van der Waals surface area contributed by atoms with Gasteiger partial charge in [-0.1, -0.05) is 17.7 Å². The van der Waals surface area contributed by atoms with Crippen LogP contribution < -0.4 is 11.3 Å². The van der Waals surface area contributed by atoms with Crippen LogP contribution in [0.3, 0.4) is 0 Å². The molecule has 3 aromatic heterocycles. The molecular formula is C29H26BrFN4O4. The first-order valence-corrected chi connectivity index (χ1v) is 13.6. The molecule has 0 aliphatic heterocycles. The Bertz CT molecular complexity index is 1750. The number of carbonyl (C=O) groups is 1. The summed E-state index contributed by atoms with van der Waals surface area (Å²) in [6, 6.07) is 14.4. The number of hydrogen-bond acceptors (Lipinski definition) is 6.